The molecule has 2 heterocycles. The summed E-state index contributed by atoms with van der Waals surface area (Å²) in [6, 6.07) is 0. The molecule has 7 nitrogen and oxygen atoms in total. The predicted octanol–water partition coefficient (Wildman–Crippen LogP) is 8.58. The minimum Gasteiger partial charge on any atom is -0.455 e. The Kier molecular flexibility index (Phi) is 22.4. The van der Waals surface area contributed by atoms with Gasteiger partial charge in [0.05, 0.1) is 18.8 Å². The second-order valence-corrected chi connectivity index (χ2v) is 13.5. The highest BCUT2D eigenvalue weighted by molar-refractivity contribution is 5.91. The van der Waals surface area contributed by atoms with E-state index in [1.165, 1.54) is 89.9 Å². The molecule has 0 unspecified atom stereocenters. The Hall–Kier alpha value is -0.990. The largest absolute Gasteiger partial charge is 0.455 e. The molecule has 44 heavy (non-hydrogen) atoms. The van der Waals surface area contributed by atoms with Crippen LogP contribution in [-0.4, -0.2) is 66.7 Å². The fraction of sp³-hybridized carbons (Fsp3) is 0.919. The van der Waals surface area contributed by atoms with Gasteiger partial charge < -0.3 is 29.2 Å². The van der Waals surface area contributed by atoms with Crippen LogP contribution in [0.2, 0.25) is 0 Å². The van der Waals surface area contributed by atoms with Gasteiger partial charge in [-0.1, -0.05) is 123 Å². The number of hydrogen-bond donors (Lipinski definition) is 2. The predicted molar refractivity (Wildman–Crippen MR) is 177 cm³/mol. The summed E-state index contributed by atoms with van der Waals surface area (Å²) >= 11 is 0. The van der Waals surface area contributed by atoms with Crippen molar-refractivity contribution < 1.29 is 34.0 Å². The molecule has 1 saturated heterocycles. The number of carbonyl (C=O) groups excluding carboxylic acids is 1. The second kappa shape index (κ2) is 25.1. The number of esters is 1. The third-order valence-corrected chi connectivity index (χ3v) is 9.31. The molecule has 258 valence electrons. The lowest BCUT2D eigenvalue weighted by Crippen LogP contribution is -2.42. The van der Waals surface area contributed by atoms with Gasteiger partial charge >= 0.3 is 5.97 Å². The Morgan fingerprint density at radius 2 is 1.36 bits per heavy atom. The van der Waals surface area contributed by atoms with Crippen molar-refractivity contribution in [3.8, 4) is 0 Å². The zero-order valence-corrected chi connectivity index (χ0v) is 28.7. The number of carbonyl (C=O) groups is 1. The van der Waals surface area contributed by atoms with Crippen LogP contribution in [0.3, 0.4) is 0 Å². The molecule has 0 bridgehead atoms. The van der Waals surface area contributed by atoms with Gasteiger partial charge in [0.1, 0.15) is 12.2 Å². The number of aliphatic hydroxyl groups is 2. The van der Waals surface area contributed by atoms with Gasteiger partial charge in [0.25, 0.3) is 0 Å². The highest BCUT2D eigenvalue weighted by Crippen LogP contribution is 2.26. The lowest BCUT2D eigenvalue weighted by Gasteiger charge is -2.33. The average Bonchev–Trinajstić information content (AvgIpc) is 3.36. The fourth-order valence-corrected chi connectivity index (χ4v) is 6.30. The van der Waals surface area contributed by atoms with Crippen molar-refractivity contribution in [3.05, 3.63) is 11.6 Å². The molecule has 0 radical (unpaired) electrons. The number of ether oxygens (including phenoxy) is 4. The van der Waals surface area contributed by atoms with Gasteiger partial charge in [0.2, 0.25) is 0 Å². The van der Waals surface area contributed by atoms with Crippen LogP contribution in [0.15, 0.2) is 11.6 Å². The Morgan fingerprint density at radius 1 is 0.818 bits per heavy atom. The van der Waals surface area contributed by atoms with Crippen LogP contribution in [0.1, 0.15) is 162 Å². The molecule has 2 aliphatic heterocycles. The minimum atomic E-state index is -0.539. The molecule has 2 aliphatic rings. The van der Waals surface area contributed by atoms with E-state index in [9.17, 15) is 15.0 Å². The van der Waals surface area contributed by atoms with E-state index in [-0.39, 0.29) is 24.1 Å². The Labute approximate surface area is 269 Å². The summed E-state index contributed by atoms with van der Waals surface area (Å²) in [4.78, 5) is 11.9. The van der Waals surface area contributed by atoms with Crippen LogP contribution in [0, 0.1) is 5.92 Å². The number of cyclic esters (lactones) is 1. The van der Waals surface area contributed by atoms with Crippen LogP contribution in [0.5, 0.6) is 0 Å². The van der Waals surface area contributed by atoms with Crippen molar-refractivity contribution in [1.82, 2.24) is 0 Å². The normalized spacial score (nSPS) is 23.5. The van der Waals surface area contributed by atoms with Gasteiger partial charge in [-0.05, 0) is 45.1 Å². The molecule has 0 amide bonds. The summed E-state index contributed by atoms with van der Waals surface area (Å²) in [5, 5.41) is 20.8. The van der Waals surface area contributed by atoms with E-state index < -0.39 is 18.5 Å². The van der Waals surface area contributed by atoms with E-state index in [0.717, 1.165) is 51.6 Å². The third kappa shape index (κ3) is 17.6. The molecule has 2 rings (SSSR count). The van der Waals surface area contributed by atoms with Crippen molar-refractivity contribution in [2.75, 3.05) is 19.8 Å². The standard InChI is InChI=1S/C37H68O7/c1-4-5-6-7-8-12-15-18-21-26-41-29-32-24-25-35(39)37(44-32)42-27-22-19-16-13-10-9-11-14-17-20-23-34(38)31(3)33-28-30(2)43-36(33)40/h28,30-32,34-35,37-39H,4-27,29H2,1-3H3/t30-,31+,32-,34+,35-,37-/m0/s1. The van der Waals surface area contributed by atoms with Gasteiger partial charge in [-0.15, -0.1) is 0 Å². The fourth-order valence-electron chi connectivity index (χ4n) is 6.30. The molecule has 0 saturated carbocycles. The number of rotatable bonds is 28. The molecule has 0 aromatic heterocycles. The van der Waals surface area contributed by atoms with Crippen LogP contribution in [0.25, 0.3) is 0 Å². The van der Waals surface area contributed by atoms with Gasteiger partial charge in [-0.25, -0.2) is 4.79 Å². The molecule has 0 aromatic rings. The SMILES string of the molecule is CCCCCCCCCCCOC[C@@H]1CC[C@H](O)[C@@H](OCCCCCCCCCCCC[C@@H](O)[C@H](C)C2=C[C@H](C)OC2=O)O1. The highest BCUT2D eigenvalue weighted by atomic mass is 16.7. The van der Waals surface area contributed by atoms with E-state index >= 15 is 0 Å². The highest BCUT2D eigenvalue weighted by Gasteiger charge is 2.31. The maximum Gasteiger partial charge on any atom is 0.334 e. The van der Waals surface area contributed by atoms with Crippen LogP contribution in [-0.2, 0) is 23.7 Å². The van der Waals surface area contributed by atoms with E-state index in [4.69, 9.17) is 18.9 Å². The molecule has 1 fully saturated rings. The number of unbranched alkanes of at least 4 members (excludes halogenated alkanes) is 17. The van der Waals surface area contributed by atoms with Crippen LogP contribution >= 0.6 is 0 Å². The Bertz CT molecular complexity index is 741. The first-order valence-corrected chi connectivity index (χ1v) is 18.6. The summed E-state index contributed by atoms with van der Waals surface area (Å²) in [6.07, 6.45) is 26.0. The lowest BCUT2D eigenvalue weighted by molar-refractivity contribution is -0.247. The van der Waals surface area contributed by atoms with Gasteiger partial charge in [0, 0.05) is 24.7 Å². The summed E-state index contributed by atoms with van der Waals surface area (Å²) < 4.78 is 23.0. The van der Waals surface area contributed by atoms with E-state index in [2.05, 4.69) is 6.92 Å². The van der Waals surface area contributed by atoms with Crippen LogP contribution in [0.4, 0.5) is 0 Å². The molecule has 7 heteroatoms. The van der Waals surface area contributed by atoms with Crippen molar-refractivity contribution in [2.24, 2.45) is 5.92 Å². The zero-order chi connectivity index (χ0) is 31.8. The molecule has 6 atom stereocenters. The summed E-state index contributed by atoms with van der Waals surface area (Å²) in [5.74, 6) is -0.434. The summed E-state index contributed by atoms with van der Waals surface area (Å²) in [6.45, 7) is 8.06. The number of aliphatic hydroxyl groups excluding tert-OH is 2. The molecule has 0 aliphatic carbocycles. The van der Waals surface area contributed by atoms with E-state index in [0.29, 0.717) is 25.2 Å². The maximum atomic E-state index is 11.9. The molecular weight excluding hydrogens is 556 g/mol. The van der Waals surface area contributed by atoms with E-state index in [1.807, 2.05) is 19.9 Å². The zero-order valence-electron chi connectivity index (χ0n) is 28.7. The number of hydrogen-bond acceptors (Lipinski definition) is 7. The molecule has 0 spiro atoms. The quantitative estimate of drug-likeness (QED) is 0.0665. The second-order valence-electron chi connectivity index (χ2n) is 13.5. The minimum absolute atomic E-state index is 0.0230. The lowest BCUT2D eigenvalue weighted by atomic mass is 9.91. The van der Waals surface area contributed by atoms with Gasteiger partial charge in [0.15, 0.2) is 6.29 Å². The maximum absolute atomic E-state index is 11.9. The van der Waals surface area contributed by atoms with E-state index in [1.54, 1.807) is 0 Å². The Balaban J connectivity index is 1.35. The molecular formula is C37H68O7. The van der Waals surface area contributed by atoms with Gasteiger partial charge in [-0.3, -0.25) is 0 Å². The summed E-state index contributed by atoms with van der Waals surface area (Å²) in [7, 11) is 0. The average molecular weight is 625 g/mol. The smallest absolute Gasteiger partial charge is 0.334 e. The van der Waals surface area contributed by atoms with Gasteiger partial charge in [-0.2, -0.15) is 0 Å². The summed E-state index contributed by atoms with van der Waals surface area (Å²) in [5.41, 5.74) is 0.630. The first-order chi connectivity index (χ1) is 21.4. The van der Waals surface area contributed by atoms with Crippen molar-refractivity contribution in [1.29, 1.82) is 0 Å². The van der Waals surface area contributed by atoms with Crippen molar-refractivity contribution in [3.63, 3.8) is 0 Å². The third-order valence-electron chi connectivity index (χ3n) is 9.31. The molecule has 0 aromatic carbocycles. The van der Waals surface area contributed by atoms with Crippen LogP contribution < -0.4 is 0 Å². The van der Waals surface area contributed by atoms with Crippen molar-refractivity contribution >= 4 is 5.97 Å². The monoisotopic (exact) mass is 624 g/mol. The first kappa shape index (κ1) is 39.2. The Morgan fingerprint density at radius 3 is 1.93 bits per heavy atom. The van der Waals surface area contributed by atoms with Crippen molar-refractivity contribution in [2.45, 2.75) is 193 Å². The topological polar surface area (TPSA) is 94.5 Å². The molecule has 2 N–H and O–H groups in total. The first-order valence-electron chi connectivity index (χ1n) is 18.6.